The largest absolute Gasteiger partial charge is 0.472 e. The first-order valence-electron chi connectivity index (χ1n) is 9.63. The van der Waals surface area contributed by atoms with E-state index in [0.717, 1.165) is 17.5 Å². The lowest BCUT2D eigenvalue weighted by molar-refractivity contribution is 0.151. The Kier molecular flexibility index (Phi) is 7.00. The molecule has 3 aromatic rings. The predicted molar refractivity (Wildman–Crippen MR) is 114 cm³/mol. The van der Waals surface area contributed by atoms with Gasteiger partial charge in [-0.1, -0.05) is 0 Å². The summed E-state index contributed by atoms with van der Waals surface area (Å²) in [6.45, 7) is 3.82. The van der Waals surface area contributed by atoms with Gasteiger partial charge in [0.15, 0.2) is 0 Å². The van der Waals surface area contributed by atoms with Crippen molar-refractivity contribution >= 4 is 5.70 Å². The first kappa shape index (κ1) is 22.7. The highest BCUT2D eigenvalue weighted by atomic mass is 19.3. The zero-order valence-electron chi connectivity index (χ0n) is 18.0. The Morgan fingerprint density at radius 3 is 2.56 bits per heavy atom. The topological polar surface area (TPSA) is 101 Å². The molecule has 0 aliphatic carbocycles. The number of rotatable bonds is 7. The van der Waals surface area contributed by atoms with Crippen molar-refractivity contribution in [2.75, 3.05) is 13.7 Å². The van der Waals surface area contributed by atoms with E-state index in [-0.39, 0.29) is 12.2 Å². The number of aromatic nitrogens is 4. The Labute approximate surface area is 183 Å². The van der Waals surface area contributed by atoms with E-state index in [1.807, 2.05) is 14.0 Å². The van der Waals surface area contributed by atoms with Crippen molar-refractivity contribution in [3.8, 4) is 23.2 Å². The molecule has 3 aromatic heterocycles. The van der Waals surface area contributed by atoms with Crippen molar-refractivity contribution in [2.45, 2.75) is 20.3 Å². The van der Waals surface area contributed by atoms with Crippen LogP contribution in [0.2, 0.25) is 0 Å². The quantitative estimate of drug-likeness (QED) is 0.490. The van der Waals surface area contributed by atoms with Crippen molar-refractivity contribution in [1.29, 1.82) is 5.26 Å². The average Bonchev–Trinajstić information content (AvgIpc) is 3.10. The summed E-state index contributed by atoms with van der Waals surface area (Å²) in [7, 11) is 3.33. The summed E-state index contributed by atoms with van der Waals surface area (Å²) in [6.07, 6.45) is -1.47. The highest BCUT2D eigenvalue weighted by molar-refractivity contribution is 5.65. The molecule has 0 saturated carbocycles. The van der Waals surface area contributed by atoms with E-state index in [1.54, 1.807) is 29.7 Å². The van der Waals surface area contributed by atoms with Gasteiger partial charge in [-0.25, -0.2) is 8.78 Å². The van der Waals surface area contributed by atoms with Gasteiger partial charge >= 0.3 is 0 Å². The third-order valence-corrected chi connectivity index (χ3v) is 4.89. The monoisotopic (exact) mass is 437 g/mol. The molecule has 0 radical (unpaired) electrons. The second-order valence-corrected chi connectivity index (χ2v) is 6.95. The fraction of sp³-hybridized carbons (Fsp3) is 0.273. The van der Waals surface area contributed by atoms with Crippen LogP contribution in [-0.4, -0.2) is 33.4 Å². The summed E-state index contributed by atoms with van der Waals surface area (Å²) >= 11 is 0. The standard InChI is InChI=1S/C22H21F2N7O/c1-13(21(30-26-3)19-6-5-15(11-27-19)22(23)24)12-32-20-8-7-18(28-29-20)17-9-16(10-25)31(4)14(17)2/h5-9,11,22H,12H2,1-4H3/b21-13+,30-26-. The molecule has 0 aliphatic heterocycles. The third kappa shape index (κ3) is 4.83. The highest BCUT2D eigenvalue weighted by Crippen LogP contribution is 2.26. The van der Waals surface area contributed by atoms with E-state index in [1.165, 1.54) is 19.2 Å². The zero-order valence-corrected chi connectivity index (χ0v) is 18.0. The molecule has 0 unspecified atom stereocenters. The van der Waals surface area contributed by atoms with Crippen LogP contribution in [0.4, 0.5) is 8.78 Å². The van der Waals surface area contributed by atoms with Gasteiger partial charge in [0.2, 0.25) is 5.88 Å². The second kappa shape index (κ2) is 9.87. The Morgan fingerprint density at radius 2 is 2.03 bits per heavy atom. The molecular formula is C22H21F2N7O. The van der Waals surface area contributed by atoms with Crippen LogP contribution in [-0.2, 0) is 7.05 Å². The molecule has 0 bridgehead atoms. The molecule has 0 aliphatic rings. The van der Waals surface area contributed by atoms with E-state index in [9.17, 15) is 14.0 Å². The number of alkyl halides is 2. The lowest BCUT2D eigenvalue weighted by Crippen LogP contribution is -2.04. The molecule has 8 nitrogen and oxygen atoms in total. The van der Waals surface area contributed by atoms with Crippen molar-refractivity contribution in [3.05, 3.63) is 64.7 Å². The summed E-state index contributed by atoms with van der Waals surface area (Å²) in [4.78, 5) is 4.06. The Morgan fingerprint density at radius 1 is 1.25 bits per heavy atom. The van der Waals surface area contributed by atoms with E-state index in [0.29, 0.717) is 34.2 Å². The smallest absolute Gasteiger partial charge is 0.265 e. The maximum absolute atomic E-state index is 12.8. The van der Waals surface area contributed by atoms with Crippen LogP contribution < -0.4 is 4.74 Å². The summed E-state index contributed by atoms with van der Waals surface area (Å²) in [5.74, 6) is 0.302. The molecule has 32 heavy (non-hydrogen) atoms. The fourth-order valence-electron chi connectivity index (χ4n) is 2.99. The van der Waals surface area contributed by atoms with Gasteiger partial charge in [0, 0.05) is 43.2 Å². The summed E-state index contributed by atoms with van der Waals surface area (Å²) in [5.41, 5.74) is 4.26. The normalized spacial score (nSPS) is 12.2. The van der Waals surface area contributed by atoms with Gasteiger partial charge in [-0.3, -0.25) is 4.98 Å². The number of halogens is 2. The van der Waals surface area contributed by atoms with Gasteiger partial charge < -0.3 is 9.30 Å². The molecule has 0 spiro atoms. The zero-order chi connectivity index (χ0) is 23.3. The van der Waals surface area contributed by atoms with Crippen molar-refractivity contribution < 1.29 is 13.5 Å². The number of azo groups is 1. The highest BCUT2D eigenvalue weighted by Gasteiger charge is 2.14. The van der Waals surface area contributed by atoms with Crippen LogP contribution in [0.1, 0.15) is 36.0 Å². The molecule has 0 amide bonds. The first-order valence-corrected chi connectivity index (χ1v) is 9.63. The number of hydrogen-bond donors (Lipinski definition) is 0. The third-order valence-electron chi connectivity index (χ3n) is 4.89. The lowest BCUT2D eigenvalue weighted by atomic mass is 10.1. The fourth-order valence-corrected chi connectivity index (χ4v) is 2.99. The van der Waals surface area contributed by atoms with E-state index >= 15 is 0 Å². The van der Waals surface area contributed by atoms with Gasteiger partial charge in [-0.15, -0.1) is 10.2 Å². The molecule has 0 N–H and O–H groups in total. The Hall–Kier alpha value is -4.00. The van der Waals surface area contributed by atoms with Crippen LogP contribution in [0, 0.1) is 18.3 Å². The molecule has 0 atom stereocenters. The molecule has 0 aromatic carbocycles. The van der Waals surface area contributed by atoms with Crippen LogP contribution in [0.15, 0.2) is 52.3 Å². The van der Waals surface area contributed by atoms with E-state index in [2.05, 4.69) is 31.5 Å². The lowest BCUT2D eigenvalue weighted by Gasteiger charge is -2.09. The predicted octanol–water partition coefficient (Wildman–Crippen LogP) is 4.89. The molecule has 3 heterocycles. The van der Waals surface area contributed by atoms with Gasteiger partial charge in [-0.2, -0.15) is 15.5 Å². The van der Waals surface area contributed by atoms with Gasteiger partial charge in [0.05, 0.1) is 11.4 Å². The number of pyridine rings is 1. The summed E-state index contributed by atoms with van der Waals surface area (Å²) in [6, 6.07) is 10.1. The average molecular weight is 437 g/mol. The van der Waals surface area contributed by atoms with Crippen molar-refractivity contribution in [2.24, 2.45) is 17.3 Å². The maximum atomic E-state index is 12.8. The first-order chi connectivity index (χ1) is 15.3. The molecular weight excluding hydrogens is 416 g/mol. The summed E-state index contributed by atoms with van der Waals surface area (Å²) < 4.78 is 33.0. The SMILES string of the molecule is C/N=N\C(=C(/C)COc1ccc(-c2cc(C#N)n(C)c2C)nn1)c1ccc(C(F)F)cn1. The van der Waals surface area contributed by atoms with E-state index in [4.69, 9.17) is 4.74 Å². The minimum Gasteiger partial charge on any atom is -0.472 e. The van der Waals surface area contributed by atoms with Crippen LogP contribution >= 0.6 is 0 Å². The molecule has 0 fully saturated rings. The number of ether oxygens (including phenoxy) is 1. The number of nitrogens with zero attached hydrogens (tertiary/aromatic N) is 7. The minimum atomic E-state index is -2.59. The van der Waals surface area contributed by atoms with Gasteiger partial charge in [-0.05, 0) is 43.7 Å². The Bertz CT molecular complexity index is 1190. The van der Waals surface area contributed by atoms with Crippen LogP contribution in [0.25, 0.3) is 17.0 Å². The maximum Gasteiger partial charge on any atom is 0.265 e. The molecule has 0 saturated heterocycles. The molecule has 10 heteroatoms. The number of nitriles is 1. The van der Waals surface area contributed by atoms with E-state index < -0.39 is 6.43 Å². The van der Waals surface area contributed by atoms with Crippen LogP contribution in [0.3, 0.4) is 0 Å². The molecule has 164 valence electrons. The van der Waals surface area contributed by atoms with Gasteiger partial charge in [0.1, 0.15) is 24.1 Å². The summed E-state index contributed by atoms with van der Waals surface area (Å²) in [5, 5.41) is 25.4. The Balaban J connectivity index is 1.77. The van der Waals surface area contributed by atoms with Gasteiger partial charge in [0.25, 0.3) is 6.43 Å². The minimum absolute atomic E-state index is 0.129. The van der Waals surface area contributed by atoms with Crippen LogP contribution in [0.5, 0.6) is 5.88 Å². The van der Waals surface area contributed by atoms with Crippen molar-refractivity contribution in [3.63, 3.8) is 0 Å². The number of hydrogen-bond acceptors (Lipinski definition) is 7. The molecule has 3 rings (SSSR count). The second-order valence-electron chi connectivity index (χ2n) is 6.95. The van der Waals surface area contributed by atoms with Crippen molar-refractivity contribution in [1.82, 2.24) is 19.7 Å².